The molecule has 0 bridgehead atoms. The summed E-state index contributed by atoms with van der Waals surface area (Å²) >= 11 is 0. The van der Waals surface area contributed by atoms with Gasteiger partial charge in [-0.25, -0.2) is 9.37 Å². The molecule has 2 N–H and O–H groups in total. The van der Waals surface area contributed by atoms with Crippen LogP contribution in [0.1, 0.15) is 11.3 Å². The molecular weight excluding hydrogens is 193 g/mol. The van der Waals surface area contributed by atoms with Crippen LogP contribution in [0.3, 0.4) is 0 Å². The SMILES string of the molecule is Cc1cc(F)ccc1-n1cncc1CN. The van der Waals surface area contributed by atoms with E-state index in [0.717, 1.165) is 16.9 Å². The highest BCUT2D eigenvalue weighted by molar-refractivity contribution is 5.41. The van der Waals surface area contributed by atoms with E-state index in [2.05, 4.69) is 4.98 Å². The van der Waals surface area contributed by atoms with E-state index in [0.29, 0.717) is 6.54 Å². The Bertz CT molecular complexity index is 476. The van der Waals surface area contributed by atoms with Crippen LogP contribution in [0.4, 0.5) is 4.39 Å². The molecule has 2 rings (SSSR count). The molecule has 0 aliphatic carbocycles. The van der Waals surface area contributed by atoms with Crippen LogP contribution in [-0.2, 0) is 6.54 Å². The van der Waals surface area contributed by atoms with Gasteiger partial charge in [0.05, 0.1) is 12.0 Å². The van der Waals surface area contributed by atoms with Crippen molar-refractivity contribution in [1.29, 1.82) is 0 Å². The molecule has 0 saturated carbocycles. The van der Waals surface area contributed by atoms with Gasteiger partial charge in [-0.3, -0.25) is 0 Å². The third kappa shape index (κ3) is 1.76. The first kappa shape index (κ1) is 9.86. The Balaban J connectivity index is 2.54. The number of imidazole rings is 1. The fourth-order valence-corrected chi connectivity index (χ4v) is 1.58. The molecule has 78 valence electrons. The van der Waals surface area contributed by atoms with Gasteiger partial charge in [0.25, 0.3) is 0 Å². The Kier molecular flexibility index (Phi) is 2.51. The van der Waals surface area contributed by atoms with Crippen molar-refractivity contribution in [1.82, 2.24) is 9.55 Å². The number of benzene rings is 1. The Hall–Kier alpha value is -1.68. The maximum Gasteiger partial charge on any atom is 0.123 e. The lowest BCUT2D eigenvalue weighted by Crippen LogP contribution is -2.05. The average Bonchev–Trinajstić information content (AvgIpc) is 2.65. The van der Waals surface area contributed by atoms with Gasteiger partial charge in [0, 0.05) is 18.4 Å². The lowest BCUT2D eigenvalue weighted by atomic mass is 10.2. The molecule has 1 aromatic carbocycles. The molecule has 0 aliphatic heterocycles. The first-order chi connectivity index (χ1) is 7.22. The van der Waals surface area contributed by atoms with E-state index in [9.17, 15) is 4.39 Å². The molecule has 0 amide bonds. The van der Waals surface area contributed by atoms with Crippen LogP contribution in [0.5, 0.6) is 0 Å². The molecule has 0 fully saturated rings. The maximum atomic E-state index is 12.9. The molecule has 1 aromatic heterocycles. The normalized spacial score (nSPS) is 10.6. The molecule has 0 atom stereocenters. The molecule has 2 aromatic rings. The van der Waals surface area contributed by atoms with Gasteiger partial charge in [-0.1, -0.05) is 0 Å². The summed E-state index contributed by atoms with van der Waals surface area (Å²) in [5.41, 5.74) is 8.26. The first-order valence-electron chi connectivity index (χ1n) is 4.70. The second kappa shape index (κ2) is 3.82. The summed E-state index contributed by atoms with van der Waals surface area (Å²) in [7, 11) is 0. The molecule has 0 saturated heterocycles. The highest BCUT2D eigenvalue weighted by Gasteiger charge is 2.05. The Morgan fingerprint density at radius 1 is 1.47 bits per heavy atom. The third-order valence-corrected chi connectivity index (χ3v) is 2.34. The topological polar surface area (TPSA) is 43.8 Å². The van der Waals surface area contributed by atoms with E-state index >= 15 is 0 Å². The summed E-state index contributed by atoms with van der Waals surface area (Å²) in [5, 5.41) is 0. The maximum absolute atomic E-state index is 12.9. The smallest absolute Gasteiger partial charge is 0.123 e. The minimum Gasteiger partial charge on any atom is -0.325 e. The van der Waals surface area contributed by atoms with Crippen LogP contribution < -0.4 is 5.73 Å². The molecular formula is C11H12FN3. The number of aryl methyl sites for hydroxylation is 1. The molecule has 15 heavy (non-hydrogen) atoms. The summed E-state index contributed by atoms with van der Waals surface area (Å²) in [5.74, 6) is -0.231. The predicted molar refractivity (Wildman–Crippen MR) is 56.2 cm³/mol. The Morgan fingerprint density at radius 3 is 2.93 bits per heavy atom. The fraction of sp³-hybridized carbons (Fsp3) is 0.182. The van der Waals surface area contributed by atoms with Crippen molar-refractivity contribution in [3.05, 3.63) is 47.8 Å². The number of nitrogens with two attached hydrogens (primary N) is 1. The molecule has 0 radical (unpaired) electrons. The van der Waals surface area contributed by atoms with Crippen LogP contribution in [0.15, 0.2) is 30.7 Å². The lowest BCUT2D eigenvalue weighted by molar-refractivity contribution is 0.626. The van der Waals surface area contributed by atoms with Crippen molar-refractivity contribution >= 4 is 0 Å². The van der Waals surface area contributed by atoms with Crippen molar-refractivity contribution < 1.29 is 4.39 Å². The summed E-state index contributed by atoms with van der Waals surface area (Å²) in [6.45, 7) is 2.27. The standard InChI is InChI=1S/C11H12FN3/c1-8-4-9(12)2-3-11(8)15-7-14-6-10(15)5-13/h2-4,6-7H,5,13H2,1H3. The molecule has 3 nitrogen and oxygen atoms in total. The van der Waals surface area contributed by atoms with Crippen molar-refractivity contribution in [2.45, 2.75) is 13.5 Å². The molecule has 0 unspecified atom stereocenters. The number of hydrogen-bond donors (Lipinski definition) is 1. The summed E-state index contributed by atoms with van der Waals surface area (Å²) in [6.07, 6.45) is 3.39. The number of hydrogen-bond acceptors (Lipinski definition) is 2. The molecule has 4 heteroatoms. The summed E-state index contributed by atoms with van der Waals surface area (Å²) < 4.78 is 14.8. The van der Waals surface area contributed by atoms with Gasteiger partial charge in [0.1, 0.15) is 5.82 Å². The van der Waals surface area contributed by atoms with Gasteiger partial charge < -0.3 is 10.3 Å². The minimum atomic E-state index is -0.231. The first-order valence-corrected chi connectivity index (χ1v) is 4.70. The Labute approximate surface area is 87.4 Å². The zero-order chi connectivity index (χ0) is 10.8. The second-order valence-corrected chi connectivity index (χ2v) is 3.39. The Morgan fingerprint density at radius 2 is 2.27 bits per heavy atom. The fourth-order valence-electron chi connectivity index (χ4n) is 1.58. The van der Waals surface area contributed by atoms with Crippen LogP contribution in [-0.4, -0.2) is 9.55 Å². The van der Waals surface area contributed by atoms with Gasteiger partial charge in [-0.05, 0) is 30.7 Å². The van der Waals surface area contributed by atoms with Gasteiger partial charge in [-0.15, -0.1) is 0 Å². The van der Waals surface area contributed by atoms with E-state index in [1.165, 1.54) is 12.1 Å². The third-order valence-electron chi connectivity index (χ3n) is 2.34. The number of aromatic nitrogens is 2. The van der Waals surface area contributed by atoms with E-state index in [-0.39, 0.29) is 5.82 Å². The highest BCUT2D eigenvalue weighted by atomic mass is 19.1. The quantitative estimate of drug-likeness (QED) is 0.812. The van der Waals surface area contributed by atoms with E-state index in [1.807, 2.05) is 11.5 Å². The zero-order valence-corrected chi connectivity index (χ0v) is 8.44. The number of nitrogens with zero attached hydrogens (tertiary/aromatic N) is 2. The molecule has 1 heterocycles. The lowest BCUT2D eigenvalue weighted by Gasteiger charge is -2.09. The van der Waals surface area contributed by atoms with Crippen molar-refractivity contribution in [3.63, 3.8) is 0 Å². The largest absolute Gasteiger partial charge is 0.325 e. The van der Waals surface area contributed by atoms with Crippen molar-refractivity contribution in [3.8, 4) is 5.69 Å². The van der Waals surface area contributed by atoms with Gasteiger partial charge in [-0.2, -0.15) is 0 Å². The van der Waals surface area contributed by atoms with Crippen LogP contribution >= 0.6 is 0 Å². The average molecular weight is 205 g/mol. The number of rotatable bonds is 2. The van der Waals surface area contributed by atoms with Crippen molar-refractivity contribution in [2.24, 2.45) is 5.73 Å². The second-order valence-electron chi connectivity index (χ2n) is 3.39. The summed E-state index contributed by atoms with van der Waals surface area (Å²) in [6, 6.07) is 4.66. The molecule has 0 spiro atoms. The summed E-state index contributed by atoms with van der Waals surface area (Å²) in [4.78, 5) is 4.02. The van der Waals surface area contributed by atoms with Crippen LogP contribution in [0.25, 0.3) is 5.69 Å². The van der Waals surface area contributed by atoms with Gasteiger partial charge in [0.2, 0.25) is 0 Å². The number of halogens is 1. The van der Waals surface area contributed by atoms with E-state index < -0.39 is 0 Å². The van der Waals surface area contributed by atoms with Crippen LogP contribution in [0.2, 0.25) is 0 Å². The van der Waals surface area contributed by atoms with Crippen molar-refractivity contribution in [2.75, 3.05) is 0 Å². The van der Waals surface area contributed by atoms with Gasteiger partial charge >= 0.3 is 0 Å². The monoisotopic (exact) mass is 205 g/mol. The van der Waals surface area contributed by atoms with E-state index in [4.69, 9.17) is 5.73 Å². The predicted octanol–water partition coefficient (Wildman–Crippen LogP) is 1.78. The molecule has 0 aliphatic rings. The zero-order valence-electron chi connectivity index (χ0n) is 8.44. The highest BCUT2D eigenvalue weighted by Crippen LogP contribution is 2.16. The van der Waals surface area contributed by atoms with E-state index in [1.54, 1.807) is 18.6 Å². The van der Waals surface area contributed by atoms with Crippen LogP contribution in [0, 0.1) is 12.7 Å². The minimum absolute atomic E-state index is 0.231. The van der Waals surface area contributed by atoms with Gasteiger partial charge in [0.15, 0.2) is 0 Å².